The van der Waals surface area contributed by atoms with Gasteiger partial charge in [-0.3, -0.25) is 9.59 Å². The van der Waals surface area contributed by atoms with Gasteiger partial charge in [0.2, 0.25) is 5.91 Å². The molecular weight excluding hydrogens is 476 g/mol. The normalized spacial score (nSPS) is 10.4. The molecule has 2 amide bonds. The van der Waals surface area contributed by atoms with Crippen molar-refractivity contribution in [1.82, 2.24) is 0 Å². The van der Waals surface area contributed by atoms with Crippen LogP contribution >= 0.6 is 23.4 Å². The van der Waals surface area contributed by atoms with Crippen molar-refractivity contribution in [3.8, 4) is 17.2 Å². The summed E-state index contributed by atoms with van der Waals surface area (Å²) in [6, 6.07) is 15.8. The molecule has 0 unspecified atom stereocenters. The smallest absolute Gasteiger partial charge is 0.263 e. The van der Waals surface area contributed by atoms with E-state index in [1.807, 2.05) is 13.0 Å². The molecule has 0 atom stereocenters. The van der Waals surface area contributed by atoms with Crippen LogP contribution in [0.5, 0.6) is 17.2 Å². The molecule has 0 radical (unpaired) electrons. The third-order valence-corrected chi connectivity index (χ3v) is 6.27. The monoisotopic (exact) mass is 500 g/mol. The Bertz CT molecular complexity index is 1180. The Morgan fingerprint density at radius 2 is 1.53 bits per heavy atom. The summed E-state index contributed by atoms with van der Waals surface area (Å²) in [4.78, 5) is 26.2. The predicted octanol–water partition coefficient (Wildman–Crippen LogP) is 5.66. The van der Waals surface area contributed by atoms with Gasteiger partial charge >= 0.3 is 0 Å². The second kappa shape index (κ2) is 11.7. The van der Waals surface area contributed by atoms with E-state index in [4.69, 9.17) is 25.8 Å². The number of halogens is 1. The van der Waals surface area contributed by atoms with E-state index in [9.17, 15) is 9.59 Å². The minimum absolute atomic E-state index is 0.169. The second-order valence-electron chi connectivity index (χ2n) is 7.16. The number of thioether (sulfide) groups is 1. The number of carbonyl (C=O) groups excluding carboxylic acids is 2. The SMILES string of the molecule is COc1cc(Cl)c(C)cc1NC(=O)CSc1cccc(NC(=O)c2c(OC)cccc2OC)c1. The molecule has 0 aliphatic carbocycles. The Morgan fingerprint density at radius 1 is 0.882 bits per heavy atom. The molecule has 0 aromatic heterocycles. The first-order chi connectivity index (χ1) is 16.4. The first-order valence-corrected chi connectivity index (χ1v) is 11.6. The van der Waals surface area contributed by atoms with Crippen molar-refractivity contribution in [2.75, 3.05) is 37.7 Å². The van der Waals surface area contributed by atoms with Crippen LogP contribution in [0.4, 0.5) is 11.4 Å². The molecule has 0 saturated carbocycles. The summed E-state index contributed by atoms with van der Waals surface area (Å²) in [5.74, 6) is 0.921. The second-order valence-corrected chi connectivity index (χ2v) is 8.61. The Kier molecular flexibility index (Phi) is 8.67. The zero-order chi connectivity index (χ0) is 24.7. The maximum atomic E-state index is 12.9. The largest absolute Gasteiger partial charge is 0.496 e. The van der Waals surface area contributed by atoms with E-state index >= 15 is 0 Å². The highest BCUT2D eigenvalue weighted by atomic mass is 35.5. The molecule has 3 aromatic carbocycles. The summed E-state index contributed by atoms with van der Waals surface area (Å²) in [7, 11) is 4.51. The molecular formula is C25H25ClN2O5S. The number of benzene rings is 3. The van der Waals surface area contributed by atoms with E-state index in [-0.39, 0.29) is 17.6 Å². The van der Waals surface area contributed by atoms with Crippen LogP contribution in [-0.4, -0.2) is 38.9 Å². The summed E-state index contributed by atoms with van der Waals surface area (Å²) < 4.78 is 15.9. The molecule has 0 heterocycles. The van der Waals surface area contributed by atoms with Crippen LogP contribution in [0.2, 0.25) is 5.02 Å². The number of rotatable bonds is 9. The van der Waals surface area contributed by atoms with Crippen LogP contribution in [0.15, 0.2) is 59.5 Å². The summed E-state index contributed by atoms with van der Waals surface area (Å²) >= 11 is 7.47. The van der Waals surface area contributed by atoms with Crippen molar-refractivity contribution >= 4 is 46.6 Å². The van der Waals surface area contributed by atoms with Gasteiger partial charge < -0.3 is 24.8 Å². The molecule has 0 saturated heterocycles. The Hall–Kier alpha value is -3.36. The number of nitrogens with one attached hydrogen (secondary N) is 2. The standard InChI is InChI=1S/C25H25ClN2O5S/c1-15-11-19(22(33-4)13-18(15)26)28-23(29)14-34-17-8-5-7-16(12-17)27-25(30)24-20(31-2)9-6-10-21(24)32-3/h5-13H,14H2,1-4H3,(H,27,30)(H,28,29). The van der Waals surface area contributed by atoms with E-state index in [0.717, 1.165) is 10.5 Å². The van der Waals surface area contributed by atoms with Crippen LogP contribution in [-0.2, 0) is 4.79 Å². The highest BCUT2D eigenvalue weighted by Gasteiger charge is 2.18. The molecule has 2 N–H and O–H groups in total. The maximum Gasteiger partial charge on any atom is 0.263 e. The summed E-state index contributed by atoms with van der Waals surface area (Å²) in [6.07, 6.45) is 0. The van der Waals surface area contributed by atoms with E-state index in [1.54, 1.807) is 48.5 Å². The van der Waals surface area contributed by atoms with Crippen molar-refractivity contribution in [3.05, 3.63) is 70.7 Å². The van der Waals surface area contributed by atoms with Gasteiger partial charge in [0.1, 0.15) is 22.8 Å². The van der Waals surface area contributed by atoms with Crippen LogP contribution in [0.3, 0.4) is 0 Å². The number of aryl methyl sites for hydroxylation is 1. The van der Waals surface area contributed by atoms with Gasteiger partial charge in [0.15, 0.2) is 0 Å². The van der Waals surface area contributed by atoms with Gasteiger partial charge in [-0.05, 0) is 48.9 Å². The van der Waals surface area contributed by atoms with Crippen molar-refractivity contribution < 1.29 is 23.8 Å². The van der Waals surface area contributed by atoms with Gasteiger partial charge in [-0.15, -0.1) is 11.8 Å². The molecule has 0 fully saturated rings. The zero-order valence-electron chi connectivity index (χ0n) is 19.2. The molecule has 9 heteroatoms. The average Bonchev–Trinajstić information content (AvgIpc) is 2.84. The van der Waals surface area contributed by atoms with Crippen LogP contribution in [0.1, 0.15) is 15.9 Å². The third-order valence-electron chi connectivity index (χ3n) is 4.87. The fourth-order valence-corrected chi connectivity index (χ4v) is 4.11. The Balaban J connectivity index is 1.66. The van der Waals surface area contributed by atoms with Gasteiger partial charge in [0, 0.05) is 21.7 Å². The number of carbonyl (C=O) groups is 2. The molecule has 0 bridgehead atoms. The van der Waals surface area contributed by atoms with Crippen molar-refractivity contribution in [2.45, 2.75) is 11.8 Å². The molecule has 0 spiro atoms. The van der Waals surface area contributed by atoms with Crippen molar-refractivity contribution in [1.29, 1.82) is 0 Å². The van der Waals surface area contributed by atoms with Crippen LogP contribution in [0, 0.1) is 6.92 Å². The highest BCUT2D eigenvalue weighted by Crippen LogP contribution is 2.32. The molecule has 7 nitrogen and oxygen atoms in total. The molecule has 0 aliphatic heterocycles. The maximum absolute atomic E-state index is 12.9. The van der Waals surface area contributed by atoms with E-state index in [0.29, 0.717) is 39.2 Å². The average molecular weight is 501 g/mol. The van der Waals surface area contributed by atoms with Gasteiger partial charge in [0.05, 0.1) is 32.8 Å². The Labute approximate surface area is 207 Å². The third kappa shape index (κ3) is 6.15. The summed E-state index contributed by atoms with van der Waals surface area (Å²) in [5.41, 5.74) is 2.28. The molecule has 3 aromatic rings. The fraction of sp³-hybridized carbons (Fsp3) is 0.200. The summed E-state index contributed by atoms with van der Waals surface area (Å²) in [6.45, 7) is 1.85. The lowest BCUT2D eigenvalue weighted by Gasteiger charge is -2.14. The lowest BCUT2D eigenvalue weighted by atomic mass is 10.1. The van der Waals surface area contributed by atoms with E-state index in [2.05, 4.69) is 10.6 Å². The Morgan fingerprint density at radius 3 is 2.18 bits per heavy atom. The zero-order valence-corrected chi connectivity index (χ0v) is 20.8. The van der Waals surface area contributed by atoms with Gasteiger partial charge in [-0.1, -0.05) is 23.7 Å². The number of hydrogen-bond acceptors (Lipinski definition) is 6. The highest BCUT2D eigenvalue weighted by molar-refractivity contribution is 8.00. The first-order valence-electron chi connectivity index (χ1n) is 10.3. The van der Waals surface area contributed by atoms with Gasteiger partial charge in [-0.25, -0.2) is 0 Å². The summed E-state index contributed by atoms with van der Waals surface area (Å²) in [5, 5.41) is 6.28. The van der Waals surface area contributed by atoms with Crippen molar-refractivity contribution in [3.63, 3.8) is 0 Å². The lowest BCUT2D eigenvalue weighted by molar-refractivity contribution is -0.113. The van der Waals surface area contributed by atoms with E-state index in [1.165, 1.54) is 33.1 Å². The minimum Gasteiger partial charge on any atom is -0.496 e. The number of amides is 2. The fourth-order valence-electron chi connectivity index (χ4n) is 3.20. The number of anilines is 2. The van der Waals surface area contributed by atoms with Gasteiger partial charge in [0.25, 0.3) is 5.91 Å². The van der Waals surface area contributed by atoms with Crippen LogP contribution in [0.25, 0.3) is 0 Å². The molecule has 34 heavy (non-hydrogen) atoms. The number of methoxy groups -OCH3 is 3. The molecule has 0 aliphatic rings. The minimum atomic E-state index is -0.362. The van der Waals surface area contributed by atoms with Gasteiger partial charge in [-0.2, -0.15) is 0 Å². The lowest BCUT2D eigenvalue weighted by Crippen LogP contribution is -2.15. The van der Waals surface area contributed by atoms with Crippen LogP contribution < -0.4 is 24.8 Å². The number of hydrogen-bond donors (Lipinski definition) is 2. The molecule has 3 rings (SSSR count). The van der Waals surface area contributed by atoms with E-state index < -0.39 is 0 Å². The molecule has 178 valence electrons. The topological polar surface area (TPSA) is 85.9 Å². The number of ether oxygens (including phenoxy) is 3. The van der Waals surface area contributed by atoms with Crippen molar-refractivity contribution in [2.24, 2.45) is 0 Å². The predicted molar refractivity (Wildman–Crippen MR) is 136 cm³/mol. The quantitative estimate of drug-likeness (QED) is 0.369. The first kappa shape index (κ1) is 25.3.